The Labute approximate surface area is 121 Å². The van der Waals surface area contributed by atoms with Crippen molar-refractivity contribution in [1.82, 2.24) is 9.55 Å². The maximum Gasteiger partial charge on any atom is 0.134 e. The van der Waals surface area contributed by atoms with Gasteiger partial charge < -0.3 is 10.3 Å². The van der Waals surface area contributed by atoms with Crippen molar-refractivity contribution in [2.75, 3.05) is 5.73 Å². The summed E-state index contributed by atoms with van der Waals surface area (Å²) in [6, 6.07) is 4.47. The lowest BCUT2D eigenvalue weighted by Gasteiger charge is -2.05. The monoisotopic (exact) mass is 289 g/mol. The fourth-order valence-electron chi connectivity index (χ4n) is 2.27. The van der Waals surface area contributed by atoms with E-state index in [0.717, 1.165) is 18.7 Å². The minimum atomic E-state index is -0.433. The standard InChI is InChI=1S/C15H13ClFN3/c1-2-7-20-14(18)13(19-15(20)9-3-4-9)11-6-5-10(16)8-12(11)17/h1,5-6,8-9H,3-4,7,18H2. The number of nitrogens with two attached hydrogens (primary N) is 1. The van der Waals surface area contributed by atoms with Crippen LogP contribution in [-0.2, 0) is 6.54 Å². The largest absolute Gasteiger partial charge is 0.383 e. The number of nitrogen functional groups attached to an aromatic ring is 1. The molecule has 1 aromatic heterocycles. The quantitative estimate of drug-likeness (QED) is 0.880. The molecule has 0 saturated heterocycles. The molecule has 3 nitrogen and oxygen atoms in total. The molecule has 0 atom stereocenters. The number of terminal acetylenes is 1. The number of anilines is 1. The molecule has 20 heavy (non-hydrogen) atoms. The molecule has 5 heteroatoms. The zero-order valence-electron chi connectivity index (χ0n) is 10.7. The Morgan fingerprint density at radius 2 is 2.25 bits per heavy atom. The SMILES string of the molecule is C#CCn1c(C2CC2)nc(-c2ccc(Cl)cc2F)c1N. The van der Waals surface area contributed by atoms with Crippen molar-refractivity contribution in [1.29, 1.82) is 0 Å². The molecule has 0 amide bonds. The van der Waals surface area contributed by atoms with Gasteiger partial charge in [0.25, 0.3) is 0 Å². The van der Waals surface area contributed by atoms with Crippen molar-refractivity contribution >= 4 is 17.4 Å². The highest BCUT2D eigenvalue weighted by atomic mass is 35.5. The smallest absolute Gasteiger partial charge is 0.134 e. The highest BCUT2D eigenvalue weighted by molar-refractivity contribution is 6.30. The van der Waals surface area contributed by atoms with Crippen LogP contribution in [0.4, 0.5) is 10.2 Å². The van der Waals surface area contributed by atoms with Crippen LogP contribution in [0.25, 0.3) is 11.3 Å². The van der Waals surface area contributed by atoms with E-state index in [1.54, 1.807) is 16.7 Å². The highest BCUT2D eigenvalue weighted by Gasteiger charge is 2.31. The molecular weight excluding hydrogens is 277 g/mol. The van der Waals surface area contributed by atoms with E-state index in [2.05, 4.69) is 10.9 Å². The summed E-state index contributed by atoms with van der Waals surface area (Å²) >= 11 is 5.77. The van der Waals surface area contributed by atoms with Gasteiger partial charge in [0, 0.05) is 16.5 Å². The summed E-state index contributed by atoms with van der Waals surface area (Å²) in [6.07, 6.45) is 7.52. The normalized spacial score (nSPS) is 14.2. The van der Waals surface area contributed by atoms with Gasteiger partial charge in [-0.3, -0.25) is 0 Å². The number of rotatable bonds is 3. The molecule has 0 radical (unpaired) electrons. The van der Waals surface area contributed by atoms with Crippen LogP contribution in [0.2, 0.25) is 5.02 Å². The average Bonchev–Trinajstić information content (AvgIpc) is 3.19. The van der Waals surface area contributed by atoms with Crippen molar-refractivity contribution in [2.45, 2.75) is 25.3 Å². The number of hydrogen-bond acceptors (Lipinski definition) is 2. The predicted molar refractivity (Wildman–Crippen MR) is 77.9 cm³/mol. The van der Waals surface area contributed by atoms with Crippen LogP contribution in [0.15, 0.2) is 18.2 Å². The number of aromatic nitrogens is 2. The molecule has 1 saturated carbocycles. The molecular formula is C15H13ClFN3. The van der Waals surface area contributed by atoms with Crippen molar-refractivity contribution in [3.63, 3.8) is 0 Å². The lowest BCUT2D eigenvalue weighted by Crippen LogP contribution is -2.05. The van der Waals surface area contributed by atoms with Gasteiger partial charge >= 0.3 is 0 Å². The number of halogens is 2. The summed E-state index contributed by atoms with van der Waals surface area (Å²) in [6.45, 7) is 0.347. The van der Waals surface area contributed by atoms with Crippen LogP contribution in [0.5, 0.6) is 0 Å². The second kappa shape index (κ2) is 4.84. The van der Waals surface area contributed by atoms with Crippen LogP contribution in [0, 0.1) is 18.2 Å². The van der Waals surface area contributed by atoms with Gasteiger partial charge in [0.1, 0.15) is 23.2 Å². The molecule has 3 rings (SSSR count). The Hall–Kier alpha value is -1.99. The third-order valence-electron chi connectivity index (χ3n) is 3.41. The van der Waals surface area contributed by atoms with E-state index in [1.807, 2.05) is 0 Å². The van der Waals surface area contributed by atoms with Crippen molar-refractivity contribution < 1.29 is 4.39 Å². The average molecular weight is 290 g/mol. The van der Waals surface area contributed by atoms with Crippen LogP contribution < -0.4 is 5.73 Å². The molecule has 2 N–H and O–H groups in total. The molecule has 0 unspecified atom stereocenters. The maximum atomic E-state index is 14.0. The molecule has 0 aliphatic heterocycles. The van der Waals surface area contributed by atoms with E-state index in [1.165, 1.54) is 6.07 Å². The Bertz CT molecular complexity index is 711. The topological polar surface area (TPSA) is 43.8 Å². The van der Waals surface area contributed by atoms with E-state index < -0.39 is 5.82 Å². The predicted octanol–water partition coefficient (Wildman–Crippen LogP) is 3.44. The molecule has 2 aromatic rings. The van der Waals surface area contributed by atoms with Crippen molar-refractivity contribution in [3.05, 3.63) is 34.9 Å². The van der Waals surface area contributed by atoms with Crippen LogP contribution in [0.1, 0.15) is 24.6 Å². The number of benzene rings is 1. The first kappa shape index (κ1) is 13.0. The van der Waals surface area contributed by atoms with Gasteiger partial charge in [0.05, 0.1) is 6.54 Å². The molecule has 0 spiro atoms. The zero-order chi connectivity index (χ0) is 14.3. The second-order valence-electron chi connectivity index (χ2n) is 4.89. The van der Waals surface area contributed by atoms with Gasteiger partial charge in [-0.2, -0.15) is 0 Å². The molecule has 0 bridgehead atoms. The van der Waals surface area contributed by atoms with Gasteiger partial charge in [-0.25, -0.2) is 9.37 Å². The maximum absolute atomic E-state index is 14.0. The molecule has 1 aliphatic carbocycles. The Morgan fingerprint density at radius 3 is 2.85 bits per heavy atom. The van der Waals surface area contributed by atoms with Gasteiger partial charge in [0.2, 0.25) is 0 Å². The first-order valence-corrected chi connectivity index (χ1v) is 6.74. The minimum Gasteiger partial charge on any atom is -0.383 e. The molecule has 1 heterocycles. The Balaban J connectivity index is 2.14. The van der Waals surface area contributed by atoms with Crippen molar-refractivity contribution in [3.8, 4) is 23.6 Å². The fourth-order valence-corrected chi connectivity index (χ4v) is 2.43. The van der Waals surface area contributed by atoms with E-state index in [-0.39, 0.29) is 0 Å². The van der Waals surface area contributed by atoms with E-state index >= 15 is 0 Å². The first-order chi connectivity index (χ1) is 9.61. The molecule has 1 aliphatic rings. The van der Waals surface area contributed by atoms with E-state index in [9.17, 15) is 4.39 Å². The van der Waals surface area contributed by atoms with Crippen LogP contribution in [0.3, 0.4) is 0 Å². The first-order valence-electron chi connectivity index (χ1n) is 6.36. The highest BCUT2D eigenvalue weighted by Crippen LogP contribution is 2.42. The molecule has 1 fully saturated rings. The summed E-state index contributed by atoms with van der Waals surface area (Å²) in [4.78, 5) is 4.51. The summed E-state index contributed by atoms with van der Waals surface area (Å²) < 4.78 is 15.8. The van der Waals surface area contributed by atoms with Gasteiger partial charge in [-0.15, -0.1) is 6.42 Å². The Kier molecular flexibility index (Phi) is 3.15. The third kappa shape index (κ3) is 2.14. The Morgan fingerprint density at radius 1 is 1.50 bits per heavy atom. The molecule has 102 valence electrons. The second-order valence-corrected chi connectivity index (χ2v) is 5.33. The summed E-state index contributed by atoms with van der Waals surface area (Å²) in [5.41, 5.74) is 6.89. The fraction of sp³-hybridized carbons (Fsp3) is 0.267. The third-order valence-corrected chi connectivity index (χ3v) is 3.65. The summed E-state index contributed by atoms with van der Waals surface area (Å²) in [5.74, 6) is 3.78. The summed E-state index contributed by atoms with van der Waals surface area (Å²) in [7, 11) is 0. The van der Waals surface area contributed by atoms with Gasteiger partial charge in [-0.1, -0.05) is 17.5 Å². The van der Waals surface area contributed by atoms with E-state index in [0.29, 0.717) is 34.6 Å². The number of imidazole rings is 1. The molecule has 1 aromatic carbocycles. The van der Waals surface area contributed by atoms with Gasteiger partial charge in [-0.05, 0) is 31.0 Å². The van der Waals surface area contributed by atoms with Crippen LogP contribution in [-0.4, -0.2) is 9.55 Å². The van der Waals surface area contributed by atoms with Crippen LogP contribution >= 0.6 is 11.6 Å². The van der Waals surface area contributed by atoms with Gasteiger partial charge in [0.15, 0.2) is 0 Å². The number of hydrogen-bond donors (Lipinski definition) is 1. The minimum absolute atomic E-state index is 0.343. The number of nitrogens with zero attached hydrogens (tertiary/aromatic N) is 2. The van der Waals surface area contributed by atoms with E-state index in [4.69, 9.17) is 23.8 Å². The zero-order valence-corrected chi connectivity index (χ0v) is 11.5. The van der Waals surface area contributed by atoms with Crippen molar-refractivity contribution in [2.24, 2.45) is 0 Å². The lowest BCUT2D eigenvalue weighted by atomic mass is 10.1. The lowest BCUT2D eigenvalue weighted by molar-refractivity contribution is 0.631. The summed E-state index contributed by atoms with van der Waals surface area (Å²) in [5, 5.41) is 0.343.